The Kier molecular flexibility index (Phi) is 8.31. The van der Waals surface area contributed by atoms with E-state index in [0.29, 0.717) is 47.4 Å². The highest BCUT2D eigenvalue weighted by Gasteiger charge is 2.37. The molecule has 0 unspecified atom stereocenters. The second-order valence-electron chi connectivity index (χ2n) is 9.62. The minimum Gasteiger partial charge on any atom is -0.497 e. The number of benzene rings is 3. The van der Waals surface area contributed by atoms with Gasteiger partial charge in [-0.3, -0.25) is 4.90 Å². The molecule has 0 amide bonds. The molecule has 0 fully saturated rings. The number of hydrogen-bond acceptors (Lipinski definition) is 5. The largest absolute Gasteiger partial charge is 0.497 e. The zero-order valence-corrected chi connectivity index (χ0v) is 21.8. The Hall–Kier alpha value is -3.61. The van der Waals surface area contributed by atoms with Crippen LogP contribution in [0.1, 0.15) is 42.1 Å². The van der Waals surface area contributed by atoms with Gasteiger partial charge in [0.15, 0.2) is 5.60 Å². The standard InChI is InChI=1S/C31H34FNO4/c1-22(2)19-33(20-23-5-11-26(32)12-6-23)21-29-17-18-30(37-29)31(34,24-7-13-27(35-3)14-8-24)25-9-15-28(36-4)16-10-25/h5-18,22,34H,19-21H2,1-4H3. The fraction of sp³-hybridized carbons (Fsp3) is 0.290. The first kappa shape index (κ1) is 26.5. The zero-order chi connectivity index (χ0) is 26.4. The highest BCUT2D eigenvalue weighted by Crippen LogP contribution is 2.39. The van der Waals surface area contributed by atoms with E-state index in [1.54, 1.807) is 14.2 Å². The van der Waals surface area contributed by atoms with E-state index >= 15 is 0 Å². The lowest BCUT2D eigenvalue weighted by molar-refractivity contribution is 0.0947. The minimum atomic E-state index is -1.52. The van der Waals surface area contributed by atoms with Crippen LogP contribution in [0.2, 0.25) is 0 Å². The van der Waals surface area contributed by atoms with Crippen molar-refractivity contribution in [3.63, 3.8) is 0 Å². The van der Waals surface area contributed by atoms with Gasteiger partial charge in [0, 0.05) is 13.1 Å². The van der Waals surface area contributed by atoms with E-state index < -0.39 is 5.60 Å². The first-order valence-corrected chi connectivity index (χ1v) is 12.4. The van der Waals surface area contributed by atoms with Crippen LogP contribution in [0.3, 0.4) is 0 Å². The summed E-state index contributed by atoms with van der Waals surface area (Å²) in [6, 6.07) is 25.0. The summed E-state index contributed by atoms with van der Waals surface area (Å²) in [5.74, 6) is 2.75. The van der Waals surface area contributed by atoms with Crippen molar-refractivity contribution in [3.8, 4) is 11.5 Å². The van der Waals surface area contributed by atoms with Gasteiger partial charge in [0.25, 0.3) is 0 Å². The maximum absolute atomic E-state index is 13.4. The second kappa shape index (κ2) is 11.6. The molecule has 0 aliphatic rings. The molecule has 4 aromatic rings. The lowest BCUT2D eigenvalue weighted by atomic mass is 9.84. The lowest BCUT2D eigenvalue weighted by Crippen LogP contribution is -2.28. The molecular formula is C31H34FNO4. The van der Waals surface area contributed by atoms with Crippen molar-refractivity contribution >= 4 is 0 Å². The molecule has 37 heavy (non-hydrogen) atoms. The van der Waals surface area contributed by atoms with Crippen molar-refractivity contribution in [3.05, 3.63) is 119 Å². The zero-order valence-electron chi connectivity index (χ0n) is 21.8. The fourth-order valence-corrected chi connectivity index (χ4v) is 4.54. The Bertz CT molecular complexity index is 1220. The molecule has 4 rings (SSSR count). The van der Waals surface area contributed by atoms with Crippen molar-refractivity contribution in [2.75, 3.05) is 20.8 Å². The van der Waals surface area contributed by atoms with Gasteiger partial charge in [0.1, 0.15) is 28.8 Å². The third kappa shape index (κ3) is 6.21. The molecule has 0 saturated heterocycles. The second-order valence-corrected chi connectivity index (χ2v) is 9.62. The molecular weight excluding hydrogens is 469 g/mol. The van der Waals surface area contributed by atoms with Crippen LogP contribution in [0.25, 0.3) is 0 Å². The molecule has 0 aliphatic heterocycles. The number of ether oxygens (including phenoxy) is 2. The van der Waals surface area contributed by atoms with E-state index in [4.69, 9.17) is 13.9 Å². The Labute approximate surface area is 218 Å². The molecule has 1 aromatic heterocycles. The normalized spacial score (nSPS) is 11.8. The molecule has 0 bridgehead atoms. The first-order valence-electron chi connectivity index (χ1n) is 12.4. The monoisotopic (exact) mass is 503 g/mol. The number of nitrogens with zero attached hydrogens (tertiary/aromatic N) is 1. The van der Waals surface area contributed by atoms with Crippen molar-refractivity contribution in [1.82, 2.24) is 4.90 Å². The number of aliphatic hydroxyl groups is 1. The van der Waals surface area contributed by atoms with Crippen LogP contribution in [0.5, 0.6) is 11.5 Å². The molecule has 5 nitrogen and oxygen atoms in total. The Balaban J connectivity index is 1.66. The van der Waals surface area contributed by atoms with Crippen LogP contribution in [-0.4, -0.2) is 30.8 Å². The molecule has 0 radical (unpaired) electrons. The van der Waals surface area contributed by atoms with Crippen LogP contribution >= 0.6 is 0 Å². The number of hydrogen-bond donors (Lipinski definition) is 1. The predicted molar refractivity (Wildman–Crippen MR) is 142 cm³/mol. The minimum absolute atomic E-state index is 0.244. The van der Waals surface area contributed by atoms with Gasteiger partial charge in [-0.05, 0) is 71.1 Å². The Morgan fingerprint density at radius 1 is 0.784 bits per heavy atom. The van der Waals surface area contributed by atoms with Gasteiger partial charge < -0.3 is 19.0 Å². The summed E-state index contributed by atoms with van der Waals surface area (Å²) < 4.78 is 30.3. The smallest absolute Gasteiger partial charge is 0.173 e. The van der Waals surface area contributed by atoms with Crippen molar-refractivity contribution in [2.24, 2.45) is 5.92 Å². The highest BCUT2D eigenvalue weighted by atomic mass is 19.1. The predicted octanol–water partition coefficient (Wildman–Crippen LogP) is 6.38. The van der Waals surface area contributed by atoms with E-state index in [2.05, 4.69) is 18.7 Å². The van der Waals surface area contributed by atoms with E-state index in [-0.39, 0.29) is 5.82 Å². The molecule has 1 heterocycles. The Morgan fingerprint density at radius 2 is 1.32 bits per heavy atom. The van der Waals surface area contributed by atoms with E-state index in [0.717, 1.165) is 17.9 Å². The van der Waals surface area contributed by atoms with Crippen LogP contribution < -0.4 is 9.47 Å². The van der Waals surface area contributed by atoms with E-state index in [9.17, 15) is 9.50 Å². The molecule has 3 aromatic carbocycles. The SMILES string of the molecule is COc1ccc(C(O)(c2ccc(OC)cc2)c2ccc(CN(Cc3ccc(F)cc3)CC(C)C)o2)cc1. The maximum atomic E-state index is 13.4. The van der Waals surface area contributed by atoms with E-state index in [1.807, 2.05) is 72.8 Å². The quantitative estimate of drug-likeness (QED) is 0.257. The van der Waals surface area contributed by atoms with Crippen LogP contribution in [-0.2, 0) is 18.7 Å². The molecule has 0 spiro atoms. The third-order valence-electron chi connectivity index (χ3n) is 6.36. The molecule has 1 N–H and O–H groups in total. The first-order chi connectivity index (χ1) is 17.8. The summed E-state index contributed by atoms with van der Waals surface area (Å²) in [6.45, 7) is 6.38. The highest BCUT2D eigenvalue weighted by molar-refractivity contribution is 5.46. The van der Waals surface area contributed by atoms with Crippen LogP contribution in [0.4, 0.5) is 4.39 Å². The van der Waals surface area contributed by atoms with Crippen LogP contribution in [0, 0.1) is 11.7 Å². The van der Waals surface area contributed by atoms with Crippen molar-refractivity contribution in [1.29, 1.82) is 0 Å². The molecule has 6 heteroatoms. The maximum Gasteiger partial charge on any atom is 0.173 e. The molecule has 194 valence electrons. The molecule has 0 aliphatic carbocycles. The van der Waals surface area contributed by atoms with Gasteiger partial charge in [-0.1, -0.05) is 50.2 Å². The van der Waals surface area contributed by atoms with Gasteiger partial charge in [-0.2, -0.15) is 0 Å². The van der Waals surface area contributed by atoms with Gasteiger partial charge in [0.2, 0.25) is 0 Å². The van der Waals surface area contributed by atoms with Gasteiger partial charge in [-0.25, -0.2) is 4.39 Å². The van der Waals surface area contributed by atoms with Crippen molar-refractivity contribution < 1.29 is 23.4 Å². The lowest BCUT2D eigenvalue weighted by Gasteiger charge is -2.28. The summed E-state index contributed by atoms with van der Waals surface area (Å²) in [5, 5.41) is 12.2. The molecule has 0 saturated carbocycles. The summed E-state index contributed by atoms with van der Waals surface area (Å²) >= 11 is 0. The average Bonchev–Trinajstić information content (AvgIpc) is 3.38. The number of rotatable bonds is 11. The summed E-state index contributed by atoms with van der Waals surface area (Å²) in [7, 11) is 3.22. The van der Waals surface area contributed by atoms with Crippen LogP contribution in [0.15, 0.2) is 89.3 Å². The van der Waals surface area contributed by atoms with Gasteiger partial charge in [-0.15, -0.1) is 0 Å². The van der Waals surface area contributed by atoms with Gasteiger partial charge >= 0.3 is 0 Å². The summed E-state index contributed by atoms with van der Waals surface area (Å²) in [6.07, 6.45) is 0. The number of methoxy groups -OCH3 is 2. The number of furan rings is 1. The fourth-order valence-electron chi connectivity index (χ4n) is 4.54. The van der Waals surface area contributed by atoms with Gasteiger partial charge in [0.05, 0.1) is 20.8 Å². The average molecular weight is 504 g/mol. The Morgan fingerprint density at radius 3 is 1.81 bits per heavy atom. The van der Waals surface area contributed by atoms with E-state index in [1.165, 1.54) is 12.1 Å². The van der Waals surface area contributed by atoms with Crippen molar-refractivity contribution in [2.45, 2.75) is 32.5 Å². The summed E-state index contributed by atoms with van der Waals surface area (Å²) in [4.78, 5) is 2.26. The number of halogens is 1. The summed E-state index contributed by atoms with van der Waals surface area (Å²) in [5.41, 5.74) is 0.826. The molecule has 0 atom stereocenters. The third-order valence-corrected chi connectivity index (χ3v) is 6.36. The topological polar surface area (TPSA) is 55.1 Å².